The van der Waals surface area contributed by atoms with E-state index in [2.05, 4.69) is 4.98 Å². The van der Waals surface area contributed by atoms with Gasteiger partial charge in [0.25, 0.3) is 0 Å². The van der Waals surface area contributed by atoms with Crippen LogP contribution in [0.4, 0.5) is 0 Å². The van der Waals surface area contributed by atoms with Crippen LogP contribution in [-0.4, -0.2) is 37.2 Å². The monoisotopic (exact) mass is 323 g/mol. The number of fused-ring (bicyclic) bond motifs is 1. The van der Waals surface area contributed by atoms with Gasteiger partial charge in [-0.2, -0.15) is 11.8 Å². The van der Waals surface area contributed by atoms with Crippen LogP contribution in [0.2, 0.25) is 0 Å². The molecule has 1 aromatic carbocycles. The third-order valence-corrected chi connectivity index (χ3v) is 5.19. The standard InChI is InChI=1S/C15H21N3O3S/c1-15(2,12(16)13(19)20)22-9-5-8-18-11-7-4-3-6-10(11)17-14(18)21/h3-4,6-7,12H,5,8-9,16H2,1-2H3,(H,17,21)(H,19,20). The fourth-order valence-corrected chi connectivity index (χ4v) is 3.35. The molecule has 2 rings (SSSR count). The molecular formula is C15H21N3O3S. The highest BCUT2D eigenvalue weighted by Gasteiger charge is 2.32. The fourth-order valence-electron chi connectivity index (χ4n) is 2.27. The van der Waals surface area contributed by atoms with Crippen molar-refractivity contribution < 1.29 is 9.90 Å². The summed E-state index contributed by atoms with van der Waals surface area (Å²) in [7, 11) is 0. The number of H-pyrrole nitrogens is 1. The first-order valence-electron chi connectivity index (χ1n) is 7.13. The fraction of sp³-hybridized carbons (Fsp3) is 0.467. The Bertz CT molecular complexity index is 720. The van der Waals surface area contributed by atoms with Crippen molar-refractivity contribution in [3.8, 4) is 0 Å². The average molecular weight is 323 g/mol. The van der Waals surface area contributed by atoms with E-state index in [4.69, 9.17) is 10.8 Å². The highest BCUT2D eigenvalue weighted by Crippen LogP contribution is 2.28. The molecule has 0 spiro atoms. The lowest BCUT2D eigenvalue weighted by Gasteiger charge is -2.27. The number of hydrogen-bond donors (Lipinski definition) is 3. The molecule has 0 fully saturated rings. The van der Waals surface area contributed by atoms with Crippen LogP contribution in [0.15, 0.2) is 29.1 Å². The van der Waals surface area contributed by atoms with Gasteiger partial charge in [0.1, 0.15) is 6.04 Å². The Morgan fingerprint density at radius 3 is 2.82 bits per heavy atom. The largest absolute Gasteiger partial charge is 0.480 e. The van der Waals surface area contributed by atoms with E-state index in [-0.39, 0.29) is 5.69 Å². The van der Waals surface area contributed by atoms with Crippen LogP contribution >= 0.6 is 11.8 Å². The Kier molecular flexibility index (Phi) is 4.97. The number of nitrogens with two attached hydrogens (primary N) is 1. The maximum atomic E-state index is 11.9. The van der Waals surface area contributed by atoms with Gasteiger partial charge in [0.15, 0.2) is 0 Å². The summed E-state index contributed by atoms with van der Waals surface area (Å²) in [6.45, 7) is 4.25. The van der Waals surface area contributed by atoms with Crippen LogP contribution in [0.5, 0.6) is 0 Å². The van der Waals surface area contributed by atoms with E-state index in [1.165, 1.54) is 11.8 Å². The normalized spacial score (nSPS) is 13.4. The molecule has 1 atom stereocenters. The van der Waals surface area contributed by atoms with Crippen molar-refractivity contribution in [1.29, 1.82) is 0 Å². The van der Waals surface area contributed by atoms with E-state index < -0.39 is 16.8 Å². The number of thioether (sulfide) groups is 1. The molecule has 1 heterocycles. The lowest BCUT2D eigenvalue weighted by atomic mass is 10.1. The minimum atomic E-state index is -0.995. The van der Waals surface area contributed by atoms with Gasteiger partial charge in [-0.15, -0.1) is 0 Å². The average Bonchev–Trinajstić information content (AvgIpc) is 2.78. The molecule has 0 aliphatic carbocycles. The third kappa shape index (κ3) is 3.53. The lowest BCUT2D eigenvalue weighted by molar-refractivity contribution is -0.139. The lowest BCUT2D eigenvalue weighted by Crippen LogP contribution is -2.46. The number of aromatic nitrogens is 2. The number of benzene rings is 1. The Labute approximate surface area is 132 Å². The molecule has 1 aromatic heterocycles. The predicted molar refractivity (Wildman–Crippen MR) is 89.3 cm³/mol. The van der Waals surface area contributed by atoms with Crippen molar-refractivity contribution >= 4 is 28.8 Å². The van der Waals surface area contributed by atoms with Crippen molar-refractivity contribution in [2.24, 2.45) is 5.73 Å². The Morgan fingerprint density at radius 2 is 2.14 bits per heavy atom. The summed E-state index contributed by atoms with van der Waals surface area (Å²) in [4.78, 5) is 25.7. The molecular weight excluding hydrogens is 302 g/mol. The molecule has 0 aliphatic heterocycles. The van der Waals surface area contributed by atoms with Crippen molar-refractivity contribution in [3.05, 3.63) is 34.7 Å². The molecule has 2 aromatic rings. The Morgan fingerprint density at radius 1 is 1.45 bits per heavy atom. The first-order valence-corrected chi connectivity index (χ1v) is 8.11. The molecule has 4 N–H and O–H groups in total. The number of aromatic amines is 1. The van der Waals surface area contributed by atoms with E-state index >= 15 is 0 Å². The van der Waals surface area contributed by atoms with Crippen LogP contribution in [0, 0.1) is 0 Å². The van der Waals surface area contributed by atoms with Gasteiger partial charge in [-0.05, 0) is 38.2 Å². The molecule has 7 heteroatoms. The molecule has 120 valence electrons. The molecule has 0 aliphatic rings. The molecule has 1 unspecified atom stereocenters. The molecule has 0 saturated carbocycles. The van der Waals surface area contributed by atoms with Crippen molar-refractivity contribution in [3.63, 3.8) is 0 Å². The second kappa shape index (κ2) is 6.58. The van der Waals surface area contributed by atoms with Gasteiger partial charge in [-0.1, -0.05) is 12.1 Å². The molecule has 0 bridgehead atoms. The summed E-state index contributed by atoms with van der Waals surface area (Å²) in [6, 6.07) is 6.65. The first kappa shape index (κ1) is 16.6. The number of carbonyl (C=O) groups is 1. The van der Waals surface area contributed by atoms with Crippen LogP contribution < -0.4 is 11.4 Å². The number of nitrogens with one attached hydrogen (secondary N) is 1. The summed E-state index contributed by atoms with van der Waals surface area (Å²) >= 11 is 1.52. The predicted octanol–water partition coefficient (Wildman–Crippen LogP) is 1.64. The van der Waals surface area contributed by atoms with Gasteiger partial charge in [-0.3, -0.25) is 9.36 Å². The number of nitrogens with zero attached hydrogens (tertiary/aromatic N) is 1. The van der Waals surface area contributed by atoms with E-state index in [0.29, 0.717) is 6.54 Å². The number of hydrogen-bond acceptors (Lipinski definition) is 4. The highest BCUT2D eigenvalue weighted by molar-refractivity contribution is 8.00. The SMILES string of the molecule is CC(C)(SCCCn1c(=O)[nH]c2ccccc21)C(N)C(=O)O. The summed E-state index contributed by atoms with van der Waals surface area (Å²) in [5.74, 6) is -0.259. The van der Waals surface area contributed by atoms with Gasteiger partial charge in [-0.25, -0.2) is 4.79 Å². The molecule has 6 nitrogen and oxygen atoms in total. The van der Waals surface area contributed by atoms with Crippen LogP contribution in [0.1, 0.15) is 20.3 Å². The number of carboxylic acid groups (broad SMARTS) is 1. The number of carboxylic acids is 1. The van der Waals surface area contributed by atoms with Crippen LogP contribution in [-0.2, 0) is 11.3 Å². The number of para-hydroxylation sites is 2. The van der Waals surface area contributed by atoms with E-state index in [0.717, 1.165) is 23.2 Å². The van der Waals surface area contributed by atoms with Crippen LogP contribution in [0.25, 0.3) is 11.0 Å². The smallest absolute Gasteiger partial charge is 0.326 e. The zero-order valence-corrected chi connectivity index (χ0v) is 13.5. The minimum Gasteiger partial charge on any atom is -0.480 e. The quantitative estimate of drug-likeness (QED) is 0.673. The molecule has 0 radical (unpaired) electrons. The number of aryl methyl sites for hydroxylation is 1. The van der Waals surface area contributed by atoms with Crippen molar-refractivity contribution in [1.82, 2.24) is 9.55 Å². The Balaban J connectivity index is 1.95. The van der Waals surface area contributed by atoms with Crippen LogP contribution in [0.3, 0.4) is 0 Å². The van der Waals surface area contributed by atoms with Gasteiger partial charge in [0, 0.05) is 11.3 Å². The molecule has 0 amide bonds. The number of imidazole rings is 1. The summed E-state index contributed by atoms with van der Waals surface area (Å²) in [5, 5.41) is 8.99. The zero-order valence-electron chi connectivity index (χ0n) is 12.7. The van der Waals surface area contributed by atoms with E-state index in [1.54, 1.807) is 4.57 Å². The maximum Gasteiger partial charge on any atom is 0.326 e. The second-order valence-electron chi connectivity index (χ2n) is 5.72. The van der Waals surface area contributed by atoms with E-state index in [9.17, 15) is 9.59 Å². The highest BCUT2D eigenvalue weighted by atomic mass is 32.2. The van der Waals surface area contributed by atoms with Gasteiger partial charge < -0.3 is 15.8 Å². The van der Waals surface area contributed by atoms with Gasteiger partial charge in [0.2, 0.25) is 0 Å². The van der Waals surface area contributed by atoms with Crippen molar-refractivity contribution in [2.45, 2.75) is 37.6 Å². The number of aliphatic carboxylic acids is 1. The summed E-state index contributed by atoms with van der Waals surface area (Å²) in [6.07, 6.45) is 0.766. The third-order valence-electron chi connectivity index (χ3n) is 3.70. The van der Waals surface area contributed by atoms with Crippen molar-refractivity contribution in [2.75, 3.05) is 5.75 Å². The second-order valence-corrected chi connectivity index (χ2v) is 7.47. The molecule has 0 saturated heterocycles. The van der Waals surface area contributed by atoms with Gasteiger partial charge in [0.05, 0.1) is 11.0 Å². The number of rotatable bonds is 7. The molecule has 22 heavy (non-hydrogen) atoms. The Hall–Kier alpha value is -1.73. The topological polar surface area (TPSA) is 101 Å². The van der Waals surface area contributed by atoms with E-state index in [1.807, 2.05) is 38.1 Å². The first-order chi connectivity index (χ1) is 10.3. The summed E-state index contributed by atoms with van der Waals surface area (Å²) in [5.41, 5.74) is 7.29. The maximum absolute atomic E-state index is 11.9. The zero-order chi connectivity index (χ0) is 16.3. The summed E-state index contributed by atoms with van der Waals surface area (Å²) < 4.78 is 1.16. The minimum absolute atomic E-state index is 0.118. The van der Waals surface area contributed by atoms with Gasteiger partial charge >= 0.3 is 11.7 Å².